The van der Waals surface area contributed by atoms with Crippen LogP contribution in [0.15, 0.2) is 60.7 Å². The van der Waals surface area contributed by atoms with E-state index in [-0.39, 0.29) is 34.9 Å². The van der Waals surface area contributed by atoms with Crippen molar-refractivity contribution in [2.45, 2.75) is 5.72 Å². The first-order valence-electron chi connectivity index (χ1n) is 9.07. The summed E-state index contributed by atoms with van der Waals surface area (Å²) < 4.78 is 33.2. The normalized spacial score (nSPS) is 19.8. The molecule has 2 amide bonds. The van der Waals surface area contributed by atoms with Gasteiger partial charge in [-0.05, 0) is 36.4 Å². The molecule has 0 saturated heterocycles. The molecule has 0 aromatic heterocycles. The fourth-order valence-corrected chi connectivity index (χ4v) is 3.92. The monoisotopic (exact) mass is 408 g/mol. The van der Waals surface area contributed by atoms with Crippen LogP contribution in [0, 0.1) is 11.6 Å². The van der Waals surface area contributed by atoms with Crippen LogP contribution in [0.4, 0.5) is 20.2 Å². The first kappa shape index (κ1) is 18.3. The zero-order valence-electron chi connectivity index (χ0n) is 15.4. The molecule has 0 saturated carbocycles. The van der Waals surface area contributed by atoms with Crippen molar-refractivity contribution in [3.05, 3.63) is 89.0 Å². The van der Waals surface area contributed by atoms with E-state index in [4.69, 9.17) is 4.74 Å². The molecule has 0 bridgehead atoms. The Hall–Kier alpha value is -3.78. The van der Waals surface area contributed by atoms with Gasteiger partial charge in [0, 0.05) is 22.8 Å². The number of anilines is 2. The molecular weight excluding hydrogens is 394 g/mol. The van der Waals surface area contributed by atoms with Gasteiger partial charge < -0.3 is 15.2 Å². The van der Waals surface area contributed by atoms with Crippen LogP contribution in [-0.2, 0) is 10.5 Å². The largest absolute Gasteiger partial charge is 0.482 e. The molecule has 8 heteroatoms. The van der Waals surface area contributed by atoms with E-state index in [1.54, 1.807) is 24.3 Å². The molecule has 1 atom stereocenters. The van der Waals surface area contributed by atoms with Crippen molar-refractivity contribution >= 4 is 23.2 Å². The number of hydrogen-bond donors (Lipinski definition) is 2. The Morgan fingerprint density at radius 1 is 1.00 bits per heavy atom. The lowest BCUT2D eigenvalue weighted by Gasteiger charge is -2.35. The quantitative estimate of drug-likeness (QED) is 0.683. The van der Waals surface area contributed by atoms with Crippen molar-refractivity contribution in [3.8, 4) is 5.75 Å². The Labute approximate surface area is 169 Å². The van der Waals surface area contributed by atoms with Crippen LogP contribution in [-0.4, -0.2) is 23.5 Å². The number of benzene rings is 3. The Morgan fingerprint density at radius 2 is 1.73 bits per heavy atom. The van der Waals surface area contributed by atoms with Crippen molar-refractivity contribution in [1.29, 1.82) is 0 Å². The lowest BCUT2D eigenvalue weighted by Crippen LogP contribution is -2.45. The van der Waals surface area contributed by atoms with Crippen LogP contribution < -0.4 is 15.0 Å². The van der Waals surface area contributed by atoms with E-state index in [0.29, 0.717) is 17.5 Å². The van der Waals surface area contributed by atoms with Gasteiger partial charge in [-0.1, -0.05) is 18.2 Å². The van der Waals surface area contributed by atoms with E-state index in [0.717, 1.165) is 17.0 Å². The van der Waals surface area contributed by atoms with Gasteiger partial charge in [-0.15, -0.1) is 0 Å². The summed E-state index contributed by atoms with van der Waals surface area (Å²) in [6.07, 6.45) is 0. The zero-order chi connectivity index (χ0) is 21.0. The van der Waals surface area contributed by atoms with Crippen molar-refractivity contribution in [1.82, 2.24) is 0 Å². The van der Waals surface area contributed by atoms with Crippen LogP contribution in [0.1, 0.15) is 21.5 Å². The van der Waals surface area contributed by atoms with Gasteiger partial charge in [-0.3, -0.25) is 14.5 Å². The molecule has 150 valence electrons. The number of halogens is 2. The molecule has 2 heterocycles. The van der Waals surface area contributed by atoms with Crippen molar-refractivity contribution < 1.29 is 28.2 Å². The van der Waals surface area contributed by atoms with Crippen LogP contribution >= 0.6 is 0 Å². The van der Waals surface area contributed by atoms with Gasteiger partial charge in [0.2, 0.25) is 0 Å². The minimum absolute atomic E-state index is 0.132. The number of carbonyl (C=O) groups excluding carboxylic acids is 2. The highest BCUT2D eigenvalue weighted by atomic mass is 19.1. The third-order valence-corrected chi connectivity index (χ3v) is 5.18. The summed E-state index contributed by atoms with van der Waals surface area (Å²) in [5.41, 5.74) is -1.22. The molecule has 1 unspecified atom stereocenters. The van der Waals surface area contributed by atoms with E-state index in [1.165, 1.54) is 18.2 Å². The number of fused-ring (bicyclic) bond motifs is 2. The average Bonchev–Trinajstić information content (AvgIpc) is 2.95. The highest BCUT2D eigenvalue weighted by Crippen LogP contribution is 2.46. The van der Waals surface area contributed by atoms with Gasteiger partial charge in [0.15, 0.2) is 12.3 Å². The Kier molecular flexibility index (Phi) is 3.87. The SMILES string of the molecule is O=C1COc2ccc(C3(O)c4ccccc4C(=O)N3c3cc(F)cc(F)c3)cc2N1. The molecular formula is C22H14F2N2O4. The molecule has 0 fully saturated rings. The number of nitrogens with one attached hydrogen (secondary N) is 1. The second kappa shape index (κ2) is 6.36. The second-order valence-corrected chi connectivity index (χ2v) is 7.03. The number of aliphatic hydroxyl groups is 1. The van der Waals surface area contributed by atoms with Gasteiger partial charge in [-0.25, -0.2) is 8.78 Å². The Balaban J connectivity index is 1.75. The van der Waals surface area contributed by atoms with Crippen molar-refractivity contribution in [2.75, 3.05) is 16.8 Å². The average molecular weight is 408 g/mol. The van der Waals surface area contributed by atoms with Gasteiger partial charge in [0.25, 0.3) is 11.8 Å². The minimum atomic E-state index is -2.06. The molecule has 2 aliphatic heterocycles. The maximum atomic E-state index is 13.9. The third kappa shape index (κ3) is 2.57. The van der Waals surface area contributed by atoms with E-state index in [2.05, 4.69) is 5.32 Å². The number of carbonyl (C=O) groups is 2. The van der Waals surface area contributed by atoms with E-state index in [9.17, 15) is 23.5 Å². The summed E-state index contributed by atoms with van der Waals surface area (Å²) in [4.78, 5) is 25.8. The molecule has 30 heavy (non-hydrogen) atoms. The summed E-state index contributed by atoms with van der Waals surface area (Å²) in [7, 11) is 0. The Morgan fingerprint density at radius 3 is 2.50 bits per heavy atom. The molecule has 3 aromatic carbocycles. The molecule has 0 radical (unpaired) electrons. The van der Waals surface area contributed by atoms with Gasteiger partial charge >= 0.3 is 0 Å². The number of amides is 2. The van der Waals surface area contributed by atoms with Crippen LogP contribution in [0.25, 0.3) is 0 Å². The minimum Gasteiger partial charge on any atom is -0.482 e. The molecule has 2 N–H and O–H groups in total. The molecule has 6 nitrogen and oxygen atoms in total. The van der Waals surface area contributed by atoms with Gasteiger partial charge in [-0.2, -0.15) is 0 Å². The molecule has 5 rings (SSSR count). The predicted molar refractivity (Wildman–Crippen MR) is 103 cm³/mol. The summed E-state index contributed by atoms with van der Waals surface area (Å²) in [5.74, 6) is -2.35. The predicted octanol–water partition coefficient (Wildman–Crippen LogP) is 3.15. The topological polar surface area (TPSA) is 78.9 Å². The maximum absolute atomic E-state index is 13.9. The summed E-state index contributed by atoms with van der Waals surface area (Å²) in [6, 6.07) is 13.6. The number of ether oxygens (including phenoxy) is 1. The standard InChI is InChI=1S/C22H14F2N2O4/c23-13-8-14(24)10-15(9-13)26-21(28)16-3-1-2-4-17(16)22(26,29)12-5-6-19-18(7-12)25-20(27)11-30-19/h1-10,29H,11H2,(H,25,27). The summed E-state index contributed by atoms with van der Waals surface area (Å²) >= 11 is 0. The second-order valence-electron chi connectivity index (χ2n) is 7.03. The van der Waals surface area contributed by atoms with Crippen molar-refractivity contribution in [3.63, 3.8) is 0 Å². The number of hydrogen-bond acceptors (Lipinski definition) is 4. The lowest BCUT2D eigenvalue weighted by molar-refractivity contribution is -0.118. The van der Waals surface area contributed by atoms with Gasteiger partial charge in [0.05, 0.1) is 11.4 Å². The Bertz CT molecular complexity index is 1210. The highest BCUT2D eigenvalue weighted by molar-refractivity contribution is 6.12. The summed E-state index contributed by atoms with van der Waals surface area (Å²) in [6.45, 7) is -0.132. The first-order valence-corrected chi connectivity index (χ1v) is 9.07. The summed E-state index contributed by atoms with van der Waals surface area (Å²) in [5, 5.41) is 14.5. The fourth-order valence-electron chi connectivity index (χ4n) is 3.92. The molecule has 0 aliphatic carbocycles. The van der Waals surface area contributed by atoms with Crippen LogP contribution in [0.2, 0.25) is 0 Å². The highest BCUT2D eigenvalue weighted by Gasteiger charge is 2.51. The smallest absolute Gasteiger partial charge is 0.262 e. The lowest BCUT2D eigenvalue weighted by atomic mass is 9.93. The molecule has 3 aromatic rings. The first-order chi connectivity index (χ1) is 14.4. The molecule has 2 aliphatic rings. The number of nitrogens with zero attached hydrogens (tertiary/aromatic N) is 1. The number of rotatable bonds is 2. The van der Waals surface area contributed by atoms with Crippen molar-refractivity contribution in [2.24, 2.45) is 0 Å². The van der Waals surface area contributed by atoms with Gasteiger partial charge in [0.1, 0.15) is 17.4 Å². The van der Waals surface area contributed by atoms with Crippen LogP contribution in [0.3, 0.4) is 0 Å². The third-order valence-electron chi connectivity index (χ3n) is 5.18. The maximum Gasteiger partial charge on any atom is 0.262 e. The molecule has 0 spiro atoms. The van der Waals surface area contributed by atoms with E-state index >= 15 is 0 Å². The van der Waals surface area contributed by atoms with E-state index < -0.39 is 23.3 Å². The van der Waals surface area contributed by atoms with E-state index in [1.807, 2.05) is 0 Å². The van der Waals surface area contributed by atoms with Crippen LogP contribution in [0.5, 0.6) is 5.75 Å². The fraction of sp³-hybridized carbons (Fsp3) is 0.0909. The zero-order valence-corrected chi connectivity index (χ0v) is 15.4.